The Labute approximate surface area is 217 Å². The predicted octanol–water partition coefficient (Wildman–Crippen LogP) is 3.97. The van der Waals surface area contributed by atoms with Gasteiger partial charge in [0, 0.05) is 29.4 Å². The van der Waals surface area contributed by atoms with Gasteiger partial charge in [-0.3, -0.25) is 9.55 Å². The topological polar surface area (TPSA) is 131 Å². The van der Waals surface area contributed by atoms with Crippen LogP contribution in [0.3, 0.4) is 0 Å². The summed E-state index contributed by atoms with van der Waals surface area (Å²) < 4.78 is 40.9. The summed E-state index contributed by atoms with van der Waals surface area (Å²) in [5.41, 5.74) is 4.91. The Morgan fingerprint density at radius 2 is 1.76 bits per heavy atom. The molecule has 5 rings (SSSR count). The van der Waals surface area contributed by atoms with E-state index in [-0.39, 0.29) is 23.0 Å². The van der Waals surface area contributed by atoms with Crippen LogP contribution in [0.1, 0.15) is 54.4 Å². The summed E-state index contributed by atoms with van der Waals surface area (Å²) in [5, 5.41) is 10.2. The van der Waals surface area contributed by atoms with Crippen molar-refractivity contribution < 1.29 is 27.6 Å². The van der Waals surface area contributed by atoms with Gasteiger partial charge < -0.3 is 14.6 Å². The second-order valence-electron chi connectivity index (χ2n) is 9.06. The molecule has 0 amide bonds. The van der Waals surface area contributed by atoms with E-state index in [4.69, 9.17) is 19.0 Å². The molecule has 2 aliphatic rings. The number of rotatable bonds is 5. The molecule has 3 atom stereocenters. The largest absolute Gasteiger partial charge is 0.493 e. The van der Waals surface area contributed by atoms with E-state index < -0.39 is 10.1 Å². The lowest BCUT2D eigenvalue weighted by Crippen LogP contribution is -2.34. The van der Waals surface area contributed by atoms with Crippen LogP contribution in [0, 0.1) is 6.92 Å². The third-order valence-corrected chi connectivity index (χ3v) is 7.39. The second-order valence-corrected chi connectivity index (χ2v) is 10.5. The highest BCUT2D eigenvalue weighted by Crippen LogP contribution is 2.44. The summed E-state index contributed by atoms with van der Waals surface area (Å²) in [6.45, 7) is 4.37. The van der Waals surface area contributed by atoms with Gasteiger partial charge in [0.1, 0.15) is 6.33 Å². The average molecular weight is 526 g/mol. The first-order valence-electron chi connectivity index (χ1n) is 12.1. The van der Waals surface area contributed by atoms with Gasteiger partial charge in [-0.05, 0) is 62.9 Å². The molecule has 0 bridgehead atoms. The van der Waals surface area contributed by atoms with E-state index in [0.29, 0.717) is 12.4 Å². The molecule has 10 heteroatoms. The lowest BCUT2D eigenvalue weighted by atomic mass is 9.74. The first-order chi connectivity index (χ1) is 17.7. The maximum atomic E-state index is 10.5. The summed E-state index contributed by atoms with van der Waals surface area (Å²) in [6, 6.07) is 10.2. The first kappa shape index (κ1) is 26.7. The summed E-state index contributed by atoms with van der Waals surface area (Å²) in [5.74, 6) is 1.61. The van der Waals surface area contributed by atoms with Gasteiger partial charge in [-0.25, -0.2) is 9.97 Å². The highest BCUT2D eigenvalue weighted by Gasteiger charge is 2.37. The smallest absolute Gasteiger partial charge is 0.294 e. The van der Waals surface area contributed by atoms with E-state index in [1.54, 1.807) is 31.6 Å². The van der Waals surface area contributed by atoms with Crippen LogP contribution >= 0.6 is 0 Å². The van der Waals surface area contributed by atoms with Gasteiger partial charge in [-0.1, -0.05) is 17.7 Å². The third-order valence-electron chi connectivity index (χ3n) is 6.52. The number of benzene rings is 2. The number of ether oxygens (including phenoxy) is 2. The molecule has 1 aliphatic carbocycles. The number of aromatic nitrogens is 2. The van der Waals surface area contributed by atoms with Crippen molar-refractivity contribution in [1.82, 2.24) is 9.97 Å². The fraction of sp³-hybridized carbons (Fsp3) is 0.370. The van der Waals surface area contributed by atoms with Crippen molar-refractivity contribution >= 4 is 15.8 Å². The Bertz CT molecular complexity index is 1360. The molecule has 1 aliphatic heterocycles. The first-order valence-corrected chi connectivity index (χ1v) is 13.6. The van der Waals surface area contributed by atoms with E-state index in [2.05, 4.69) is 16.0 Å². The Morgan fingerprint density at radius 1 is 1.05 bits per heavy atom. The van der Waals surface area contributed by atoms with Crippen molar-refractivity contribution in [3.8, 4) is 11.5 Å². The number of hydrogen-bond donors (Lipinski definition) is 2. The predicted molar refractivity (Wildman–Crippen MR) is 139 cm³/mol. The van der Waals surface area contributed by atoms with E-state index >= 15 is 0 Å². The molecule has 0 spiro atoms. The molecule has 9 nitrogen and oxygen atoms in total. The molecule has 0 radical (unpaired) electrons. The molecule has 3 aromatic rings. The van der Waals surface area contributed by atoms with E-state index in [1.807, 2.05) is 19.9 Å². The number of aliphatic imine (C=N–C) groups is 1. The van der Waals surface area contributed by atoms with Crippen molar-refractivity contribution in [2.24, 2.45) is 4.99 Å². The van der Waals surface area contributed by atoms with E-state index in [9.17, 15) is 13.5 Å². The molecule has 2 N–H and O–H groups in total. The maximum absolute atomic E-state index is 10.5. The normalized spacial score (nSPS) is 20.5. The Balaban J connectivity index is 0.000000245. The minimum Gasteiger partial charge on any atom is -0.493 e. The minimum absolute atomic E-state index is 0.0666. The average Bonchev–Trinajstić information content (AvgIpc) is 2.89. The summed E-state index contributed by atoms with van der Waals surface area (Å²) >= 11 is 0. The number of aliphatic hydroxyl groups excluding tert-OH is 1. The number of hydrogen-bond acceptors (Lipinski definition) is 8. The van der Waals surface area contributed by atoms with Crippen LogP contribution in [-0.4, -0.2) is 59.6 Å². The summed E-state index contributed by atoms with van der Waals surface area (Å²) in [6.07, 6.45) is 7.20. The van der Waals surface area contributed by atoms with E-state index in [0.717, 1.165) is 53.0 Å². The van der Waals surface area contributed by atoms with Gasteiger partial charge in [0.25, 0.3) is 10.1 Å². The number of aliphatic hydroxyl groups is 1. The van der Waals surface area contributed by atoms with Crippen LogP contribution in [-0.2, 0) is 10.1 Å². The van der Waals surface area contributed by atoms with Gasteiger partial charge in [0.05, 0.1) is 36.5 Å². The lowest BCUT2D eigenvalue weighted by Gasteiger charge is -2.37. The molecule has 1 saturated carbocycles. The van der Waals surface area contributed by atoms with Gasteiger partial charge >= 0.3 is 0 Å². The zero-order valence-corrected chi connectivity index (χ0v) is 21.9. The Kier molecular flexibility index (Phi) is 8.21. The molecule has 1 fully saturated rings. The highest BCUT2D eigenvalue weighted by atomic mass is 32.2. The third kappa shape index (κ3) is 6.15. The quantitative estimate of drug-likeness (QED) is 0.479. The molecule has 1 aromatic heterocycles. The van der Waals surface area contributed by atoms with Gasteiger partial charge in [0.15, 0.2) is 11.5 Å². The van der Waals surface area contributed by atoms with Crippen LogP contribution < -0.4 is 9.47 Å². The second kappa shape index (κ2) is 11.4. The van der Waals surface area contributed by atoms with Crippen molar-refractivity contribution in [2.45, 2.75) is 56.1 Å². The number of fused-ring (bicyclic) bond motifs is 3. The van der Waals surface area contributed by atoms with Crippen molar-refractivity contribution in [1.29, 1.82) is 0 Å². The molecule has 0 saturated heterocycles. The molecule has 37 heavy (non-hydrogen) atoms. The molecule has 2 aromatic carbocycles. The highest BCUT2D eigenvalue weighted by molar-refractivity contribution is 7.85. The van der Waals surface area contributed by atoms with Crippen molar-refractivity contribution in [3.05, 3.63) is 77.4 Å². The van der Waals surface area contributed by atoms with Crippen LogP contribution in [0.2, 0.25) is 0 Å². The van der Waals surface area contributed by atoms with Crippen molar-refractivity contribution in [2.75, 3.05) is 13.7 Å². The molecule has 196 valence electrons. The van der Waals surface area contributed by atoms with Gasteiger partial charge in [0.2, 0.25) is 0 Å². The Hall–Kier alpha value is -3.34. The standard InChI is InChI=1S/C20H23N3O3.C7H8O3S/c1-3-26-19-7-14-15-6-13(24)4-5-17(15)23-20(12-9-21-11-22-10-12)16(14)8-18(19)25-2;1-6-2-4-7(5-3-6)11(8,9)10/h7-11,13,15,17,24H,3-6H2,1-2H3;2-5H,1H3,(H,8,9,10)/t13-,15-,17-;/m1./s1. The Morgan fingerprint density at radius 3 is 2.38 bits per heavy atom. The van der Waals surface area contributed by atoms with E-state index in [1.165, 1.54) is 18.5 Å². The van der Waals surface area contributed by atoms with Crippen LogP contribution in [0.5, 0.6) is 11.5 Å². The zero-order chi connectivity index (χ0) is 26.6. The molecular weight excluding hydrogens is 494 g/mol. The summed E-state index contributed by atoms with van der Waals surface area (Å²) in [7, 11) is -2.38. The van der Waals surface area contributed by atoms with Crippen LogP contribution in [0.4, 0.5) is 0 Å². The monoisotopic (exact) mass is 525 g/mol. The molecule has 0 unspecified atom stereocenters. The number of nitrogens with zero attached hydrogens (tertiary/aromatic N) is 3. The number of methoxy groups -OCH3 is 1. The fourth-order valence-corrected chi connectivity index (χ4v) is 5.21. The van der Waals surface area contributed by atoms with Crippen LogP contribution in [0.25, 0.3) is 0 Å². The summed E-state index contributed by atoms with van der Waals surface area (Å²) in [4.78, 5) is 13.3. The minimum atomic E-state index is -4.02. The van der Waals surface area contributed by atoms with Gasteiger partial charge in [-0.15, -0.1) is 0 Å². The van der Waals surface area contributed by atoms with Gasteiger partial charge in [-0.2, -0.15) is 8.42 Å². The number of aryl methyl sites for hydroxylation is 1. The van der Waals surface area contributed by atoms with Crippen molar-refractivity contribution in [3.63, 3.8) is 0 Å². The zero-order valence-electron chi connectivity index (χ0n) is 21.0. The maximum Gasteiger partial charge on any atom is 0.294 e. The van der Waals surface area contributed by atoms with Crippen LogP contribution in [0.15, 0.2) is 65.0 Å². The molecular formula is C27H31N3O6S. The lowest BCUT2D eigenvalue weighted by molar-refractivity contribution is 0.111. The fourth-order valence-electron chi connectivity index (χ4n) is 4.73. The SMILES string of the molecule is CCOc1cc2c(cc1OC)C(c1cncnc1)=N[C@@H]1CC[C@@H](O)C[C@H]21.Cc1ccc(S(=O)(=O)O)cc1. The molecule has 2 heterocycles.